The number of hydrogen-bond donors (Lipinski definition) is 2. The number of halogens is 5. The van der Waals surface area contributed by atoms with E-state index >= 15 is 0 Å². The fraction of sp³-hybridized carbons (Fsp3) is 0.455. The number of benzene rings is 2. The molecule has 0 aromatic heterocycles. The lowest BCUT2D eigenvalue weighted by molar-refractivity contribution is -0.286. The number of fused-ring (bicyclic) bond motifs is 1. The van der Waals surface area contributed by atoms with Gasteiger partial charge < -0.3 is 25.1 Å². The summed E-state index contributed by atoms with van der Waals surface area (Å²) in [6.07, 6.45) is -7.51. The fourth-order valence-corrected chi connectivity index (χ4v) is 3.74. The molecule has 1 aliphatic heterocycles. The Bertz CT molecular complexity index is 1040. The molecule has 0 saturated heterocycles. The minimum atomic E-state index is -4.67. The second-order valence-electron chi connectivity index (χ2n) is 8.10. The summed E-state index contributed by atoms with van der Waals surface area (Å²) in [7, 11) is -0.614. The van der Waals surface area contributed by atoms with Gasteiger partial charge in [0.15, 0.2) is 11.5 Å². The lowest BCUT2D eigenvalue weighted by atomic mass is 9.93. The minimum Gasteiger partial charge on any atom is -0.493 e. The lowest BCUT2D eigenvalue weighted by Crippen LogP contribution is -2.47. The van der Waals surface area contributed by atoms with Gasteiger partial charge >= 0.3 is 21.2 Å². The van der Waals surface area contributed by atoms with Crippen molar-refractivity contribution in [2.45, 2.75) is 43.7 Å². The first-order valence-corrected chi connectivity index (χ1v) is 11.2. The van der Waals surface area contributed by atoms with E-state index in [4.69, 9.17) is 10.5 Å². The highest BCUT2D eigenvalue weighted by atomic mass is 31.1. The molecule has 35 heavy (non-hydrogen) atoms. The molecule has 0 radical (unpaired) electrons. The Morgan fingerprint density at radius 1 is 1.03 bits per heavy atom. The molecule has 3 rings (SSSR count). The van der Waals surface area contributed by atoms with E-state index in [9.17, 15) is 31.6 Å². The quantitative estimate of drug-likeness (QED) is 0.232. The van der Waals surface area contributed by atoms with Gasteiger partial charge in [0.05, 0.1) is 30.9 Å². The summed E-state index contributed by atoms with van der Waals surface area (Å²) in [5.74, 6) is -0.542. The van der Waals surface area contributed by atoms with Crippen molar-refractivity contribution < 1.29 is 50.4 Å². The van der Waals surface area contributed by atoms with Gasteiger partial charge in [0, 0.05) is 0 Å². The molecule has 1 unspecified atom stereocenters. The normalized spacial score (nSPS) is 16.3. The lowest BCUT2D eigenvalue weighted by Gasteiger charge is -2.25. The largest absolute Gasteiger partial charge is 0.586 e. The van der Waals surface area contributed by atoms with E-state index in [-0.39, 0.29) is 43.3 Å². The van der Waals surface area contributed by atoms with E-state index in [1.165, 1.54) is 24.3 Å². The van der Waals surface area contributed by atoms with Gasteiger partial charge in [0.2, 0.25) is 0 Å². The molecule has 0 amide bonds. The van der Waals surface area contributed by atoms with Crippen LogP contribution in [0.25, 0.3) is 0 Å². The molecule has 1 heterocycles. The van der Waals surface area contributed by atoms with Crippen LogP contribution in [0.1, 0.15) is 29.5 Å². The first-order chi connectivity index (χ1) is 16.4. The molecule has 0 aliphatic carbocycles. The van der Waals surface area contributed by atoms with Crippen LogP contribution in [0.3, 0.4) is 0 Å². The van der Waals surface area contributed by atoms with Crippen LogP contribution in [0.15, 0.2) is 36.4 Å². The van der Waals surface area contributed by atoms with Crippen LogP contribution in [0.5, 0.6) is 17.2 Å². The number of nitrogens with two attached hydrogens (primary N) is 1. The van der Waals surface area contributed by atoms with Crippen molar-refractivity contribution in [2.75, 3.05) is 19.8 Å². The van der Waals surface area contributed by atoms with E-state index in [0.717, 1.165) is 6.07 Å². The number of ether oxygens (including phenoxy) is 3. The van der Waals surface area contributed by atoms with E-state index < -0.39 is 38.9 Å². The minimum absolute atomic E-state index is 0.0464. The Kier molecular flexibility index (Phi) is 8.53. The second-order valence-corrected chi connectivity index (χ2v) is 8.50. The molecule has 3 N–H and O–H groups in total. The van der Waals surface area contributed by atoms with E-state index in [0.29, 0.717) is 24.0 Å². The van der Waals surface area contributed by atoms with Gasteiger partial charge in [0.1, 0.15) is 5.75 Å². The molecule has 192 valence electrons. The van der Waals surface area contributed by atoms with E-state index in [1.807, 2.05) is 0 Å². The zero-order valence-electron chi connectivity index (χ0n) is 18.3. The number of aliphatic hydroxyl groups excluding tert-OH is 1. The summed E-state index contributed by atoms with van der Waals surface area (Å²) < 4.78 is 96.3. The fourth-order valence-electron chi connectivity index (χ4n) is 3.43. The monoisotopic (exact) mass is 523 g/mol. The van der Waals surface area contributed by atoms with E-state index in [1.54, 1.807) is 6.07 Å². The van der Waals surface area contributed by atoms with Gasteiger partial charge in [0.25, 0.3) is 0 Å². The van der Waals surface area contributed by atoms with Crippen molar-refractivity contribution in [3.8, 4) is 17.2 Å². The van der Waals surface area contributed by atoms with Gasteiger partial charge in [-0.25, -0.2) is 4.57 Å². The Hall–Kier alpha value is -2.53. The number of aryl methyl sites for hydroxylation is 2. The molecule has 0 fully saturated rings. The van der Waals surface area contributed by atoms with Gasteiger partial charge in [-0.05, 0) is 61.1 Å². The molecule has 0 bridgehead atoms. The maximum Gasteiger partial charge on any atom is 0.586 e. The Balaban J connectivity index is 1.59. The van der Waals surface area contributed by atoms with Gasteiger partial charge in [-0.1, -0.05) is 12.1 Å². The third kappa shape index (κ3) is 7.47. The summed E-state index contributed by atoms with van der Waals surface area (Å²) in [4.78, 5) is 0. The molecule has 2 aromatic rings. The molecule has 0 spiro atoms. The maximum atomic E-state index is 13.6. The summed E-state index contributed by atoms with van der Waals surface area (Å²) >= 11 is 0. The van der Waals surface area contributed by atoms with Crippen LogP contribution in [0, 0.1) is 0 Å². The smallest absolute Gasteiger partial charge is 0.493 e. The highest BCUT2D eigenvalue weighted by Gasteiger charge is 2.43. The SMILES string of the molecule is NC(CO)(CCc1ccc(OCCCc2ccc3c(c2)OC(F)(F)O3)c(C(F)(F)F)c1)COP=O. The Morgan fingerprint density at radius 3 is 2.40 bits per heavy atom. The molecular weight excluding hydrogens is 500 g/mol. The predicted molar refractivity (Wildman–Crippen MR) is 114 cm³/mol. The van der Waals surface area contributed by atoms with Crippen molar-refractivity contribution in [1.82, 2.24) is 0 Å². The van der Waals surface area contributed by atoms with Crippen LogP contribution in [0.4, 0.5) is 22.0 Å². The maximum absolute atomic E-state index is 13.6. The van der Waals surface area contributed by atoms with Crippen LogP contribution >= 0.6 is 8.69 Å². The Morgan fingerprint density at radius 2 is 1.71 bits per heavy atom. The third-order valence-electron chi connectivity index (χ3n) is 5.31. The molecule has 1 atom stereocenters. The number of hydrogen-bond acceptors (Lipinski definition) is 7. The zero-order chi connectivity index (χ0) is 25.7. The van der Waals surface area contributed by atoms with Crippen LogP contribution < -0.4 is 19.9 Å². The summed E-state index contributed by atoms with van der Waals surface area (Å²) in [5, 5.41) is 9.43. The summed E-state index contributed by atoms with van der Waals surface area (Å²) in [5.41, 5.74) is 4.69. The number of rotatable bonds is 12. The summed E-state index contributed by atoms with van der Waals surface area (Å²) in [6.45, 7) is -0.773. The zero-order valence-corrected chi connectivity index (χ0v) is 19.2. The first kappa shape index (κ1) is 27.1. The number of alkyl halides is 5. The van der Waals surface area contributed by atoms with Gasteiger partial charge in [-0.15, -0.1) is 8.78 Å². The van der Waals surface area contributed by atoms with E-state index in [2.05, 4.69) is 14.0 Å². The molecule has 13 heteroatoms. The van der Waals surface area contributed by atoms with Gasteiger partial charge in [-0.3, -0.25) is 4.52 Å². The van der Waals surface area contributed by atoms with Crippen molar-refractivity contribution in [2.24, 2.45) is 5.73 Å². The van der Waals surface area contributed by atoms with Crippen LogP contribution in [-0.2, 0) is 28.1 Å². The molecule has 7 nitrogen and oxygen atoms in total. The van der Waals surface area contributed by atoms with Gasteiger partial charge in [-0.2, -0.15) is 13.2 Å². The van der Waals surface area contributed by atoms with Crippen molar-refractivity contribution in [1.29, 1.82) is 0 Å². The topological polar surface area (TPSA) is 100 Å². The van der Waals surface area contributed by atoms with Crippen LogP contribution in [-0.4, -0.2) is 36.8 Å². The summed E-state index contributed by atoms with van der Waals surface area (Å²) in [6, 6.07) is 7.92. The highest BCUT2D eigenvalue weighted by molar-refractivity contribution is 7.17. The standard InChI is InChI=1S/C22H23F5NO6P/c23-21(24,25)16-10-15(7-8-20(28,12-29)13-32-35-30)3-5-17(16)31-9-1-2-14-4-6-18-19(11-14)34-22(26,27)33-18/h3-6,10-11,29H,1-2,7-9,12-13,28H2. The average molecular weight is 523 g/mol. The second kappa shape index (κ2) is 11.0. The van der Waals surface area contributed by atoms with Crippen molar-refractivity contribution >= 4 is 8.69 Å². The highest BCUT2D eigenvalue weighted by Crippen LogP contribution is 2.41. The Labute approximate surface area is 199 Å². The van der Waals surface area contributed by atoms with Crippen molar-refractivity contribution in [3.63, 3.8) is 0 Å². The molecule has 0 saturated carbocycles. The molecule has 1 aliphatic rings. The number of aliphatic hydroxyl groups is 1. The van der Waals surface area contributed by atoms with Crippen molar-refractivity contribution in [3.05, 3.63) is 53.1 Å². The third-order valence-corrected chi connectivity index (χ3v) is 5.55. The predicted octanol–water partition coefficient (Wildman–Crippen LogP) is 4.88. The first-order valence-electron chi connectivity index (χ1n) is 10.5. The molecule has 2 aromatic carbocycles. The van der Waals surface area contributed by atoms with Crippen LogP contribution in [0.2, 0.25) is 0 Å². The molecular formula is C22H23F5NO6P. The average Bonchev–Trinajstić information content (AvgIpc) is 3.12.